The fourth-order valence-electron chi connectivity index (χ4n) is 3.51. The maximum atomic E-state index is 11.1. The first-order valence-corrected chi connectivity index (χ1v) is 13.0. The Balaban J connectivity index is 0.000000477. The number of pyridine rings is 1. The molecule has 0 amide bonds. The Morgan fingerprint density at radius 1 is 1.03 bits per heavy atom. The van der Waals surface area contributed by atoms with E-state index >= 15 is 0 Å². The Morgan fingerprint density at radius 2 is 1.69 bits per heavy atom. The molecule has 1 N–H and O–H groups in total. The zero-order valence-corrected chi connectivity index (χ0v) is 24.4. The Morgan fingerprint density at radius 3 is 2.13 bits per heavy atom. The van der Waals surface area contributed by atoms with Crippen molar-refractivity contribution < 1.29 is 24.2 Å². The number of aldehydes is 1. The van der Waals surface area contributed by atoms with Gasteiger partial charge >= 0.3 is 5.97 Å². The lowest BCUT2D eigenvalue weighted by Gasteiger charge is -2.25. The van der Waals surface area contributed by atoms with E-state index in [1.165, 1.54) is 16.7 Å². The van der Waals surface area contributed by atoms with Crippen LogP contribution in [0.1, 0.15) is 65.4 Å². The Hall–Kier alpha value is -4.00. The standard InChI is InChI=1S/C22H29NO3.C6H7N.C4H6O2/c1-14(2)12-23(6)20-10-15(3)16(4)11-21(20)26-13-19-8-7-18(22(24)25)9-17(19)5;1-6-3-2-4-7-5-6;1-2-4(6)3-5/h7-11,14H,12-13H2,1-6H3,(H,24,25);2-5H,1H3;3H,2H2,1H3. The Bertz CT molecular complexity index is 1220. The second-order valence-corrected chi connectivity index (χ2v) is 9.88. The molecule has 7 nitrogen and oxygen atoms in total. The van der Waals surface area contributed by atoms with Crippen molar-refractivity contribution in [1.82, 2.24) is 4.98 Å². The smallest absolute Gasteiger partial charge is 0.335 e. The predicted octanol–water partition coefficient (Wildman–Crippen LogP) is 6.54. The summed E-state index contributed by atoms with van der Waals surface area (Å²) in [4.78, 5) is 36.4. The third kappa shape index (κ3) is 11.9. The highest BCUT2D eigenvalue weighted by atomic mass is 16.5. The maximum Gasteiger partial charge on any atom is 0.335 e. The summed E-state index contributed by atoms with van der Waals surface area (Å²) in [5.74, 6) is 0.167. The summed E-state index contributed by atoms with van der Waals surface area (Å²) in [5, 5.41) is 9.10. The van der Waals surface area contributed by atoms with Gasteiger partial charge in [0.2, 0.25) is 0 Å². The van der Waals surface area contributed by atoms with Gasteiger partial charge in [0.1, 0.15) is 12.4 Å². The number of anilines is 1. The molecule has 39 heavy (non-hydrogen) atoms. The van der Waals surface area contributed by atoms with Crippen LogP contribution in [0.3, 0.4) is 0 Å². The molecular formula is C32H42N2O5. The lowest BCUT2D eigenvalue weighted by atomic mass is 10.1. The van der Waals surface area contributed by atoms with Gasteiger partial charge in [0.05, 0.1) is 11.3 Å². The Kier molecular flexibility index (Phi) is 14.2. The van der Waals surface area contributed by atoms with Crippen LogP contribution in [0.2, 0.25) is 0 Å². The minimum absolute atomic E-state index is 0.301. The van der Waals surface area contributed by atoms with Gasteiger partial charge in [-0.15, -0.1) is 0 Å². The quantitative estimate of drug-likeness (QED) is 0.246. The summed E-state index contributed by atoms with van der Waals surface area (Å²) in [6.07, 6.45) is 4.26. The number of hydrogen-bond acceptors (Lipinski definition) is 6. The molecule has 0 aliphatic carbocycles. The molecule has 2 aromatic carbocycles. The number of Topliss-reactive ketones (excluding diaryl/α,β-unsaturated/α-hetero) is 1. The molecule has 0 unspecified atom stereocenters. The number of carboxylic acids is 1. The van der Waals surface area contributed by atoms with Crippen LogP contribution in [-0.4, -0.2) is 41.7 Å². The van der Waals surface area contributed by atoms with E-state index in [2.05, 4.69) is 56.8 Å². The lowest BCUT2D eigenvalue weighted by molar-refractivity contribution is -0.129. The van der Waals surface area contributed by atoms with E-state index in [-0.39, 0.29) is 5.78 Å². The van der Waals surface area contributed by atoms with Crippen molar-refractivity contribution in [3.63, 3.8) is 0 Å². The molecule has 0 aliphatic heterocycles. The molecule has 0 spiro atoms. The molecule has 0 radical (unpaired) electrons. The third-order valence-electron chi connectivity index (χ3n) is 5.89. The van der Waals surface area contributed by atoms with Gasteiger partial charge in [-0.1, -0.05) is 32.9 Å². The fourth-order valence-corrected chi connectivity index (χ4v) is 3.51. The summed E-state index contributed by atoms with van der Waals surface area (Å²) < 4.78 is 6.15. The lowest BCUT2D eigenvalue weighted by Crippen LogP contribution is -2.23. The van der Waals surface area contributed by atoms with Gasteiger partial charge in [-0.25, -0.2) is 4.79 Å². The molecule has 0 aliphatic rings. The van der Waals surface area contributed by atoms with E-state index < -0.39 is 5.97 Å². The molecule has 3 rings (SSSR count). The molecule has 0 atom stereocenters. The first-order valence-electron chi connectivity index (χ1n) is 13.0. The van der Waals surface area contributed by atoms with Crippen LogP contribution in [0.25, 0.3) is 0 Å². The zero-order chi connectivity index (χ0) is 29.5. The highest BCUT2D eigenvalue weighted by Crippen LogP contribution is 2.32. The predicted molar refractivity (Wildman–Crippen MR) is 157 cm³/mol. The number of carbonyl (C=O) groups excluding carboxylic acids is 2. The molecule has 0 saturated carbocycles. The molecule has 1 aromatic heterocycles. The summed E-state index contributed by atoms with van der Waals surface area (Å²) in [6.45, 7) is 15.5. The van der Waals surface area contributed by atoms with E-state index in [4.69, 9.17) is 9.84 Å². The van der Waals surface area contributed by atoms with Crippen molar-refractivity contribution in [2.45, 2.75) is 61.5 Å². The normalized spacial score (nSPS) is 9.97. The average Bonchev–Trinajstić information content (AvgIpc) is 2.89. The SMILES string of the molecule is CCC(=O)C=O.Cc1cc(OCc2ccc(C(=O)O)cc2C)c(N(C)CC(C)C)cc1C.Cc1cccnc1. The minimum atomic E-state index is -0.910. The third-order valence-corrected chi connectivity index (χ3v) is 5.89. The van der Waals surface area contributed by atoms with E-state index in [1.807, 2.05) is 38.2 Å². The topological polar surface area (TPSA) is 96.8 Å². The fraction of sp³-hybridized carbons (Fsp3) is 0.375. The number of aromatic carboxylic acids is 1. The molecule has 1 heterocycles. The second-order valence-electron chi connectivity index (χ2n) is 9.88. The van der Waals surface area contributed by atoms with Crippen molar-refractivity contribution in [3.05, 3.63) is 88.2 Å². The monoisotopic (exact) mass is 534 g/mol. The molecule has 0 fully saturated rings. The van der Waals surface area contributed by atoms with Gasteiger partial charge in [0.25, 0.3) is 0 Å². The van der Waals surface area contributed by atoms with Gasteiger partial charge in [0, 0.05) is 32.4 Å². The van der Waals surface area contributed by atoms with E-state index in [0.29, 0.717) is 30.8 Å². The molecular weight excluding hydrogens is 492 g/mol. The number of nitrogens with zero attached hydrogens (tertiary/aromatic N) is 2. The molecule has 0 saturated heterocycles. The number of carbonyl (C=O) groups is 3. The van der Waals surface area contributed by atoms with Crippen LogP contribution in [0.4, 0.5) is 5.69 Å². The van der Waals surface area contributed by atoms with Gasteiger partial charge < -0.3 is 14.7 Å². The van der Waals surface area contributed by atoms with Gasteiger partial charge in [-0.05, 0) is 91.8 Å². The van der Waals surface area contributed by atoms with Crippen molar-refractivity contribution in [2.24, 2.45) is 5.92 Å². The van der Waals surface area contributed by atoms with Gasteiger partial charge in [-0.3, -0.25) is 14.6 Å². The van der Waals surface area contributed by atoms with Crippen molar-refractivity contribution >= 4 is 23.7 Å². The average molecular weight is 535 g/mol. The van der Waals surface area contributed by atoms with Crippen LogP contribution in [-0.2, 0) is 16.2 Å². The van der Waals surface area contributed by atoms with E-state index in [0.717, 1.165) is 29.1 Å². The second kappa shape index (κ2) is 16.8. The summed E-state index contributed by atoms with van der Waals surface area (Å²) in [7, 11) is 2.09. The first-order chi connectivity index (χ1) is 18.4. The molecule has 0 bridgehead atoms. The zero-order valence-electron chi connectivity index (χ0n) is 24.4. The first kappa shape index (κ1) is 33.0. The summed E-state index contributed by atoms with van der Waals surface area (Å²) in [6, 6.07) is 13.4. The largest absolute Gasteiger partial charge is 0.487 e. The molecule has 7 heteroatoms. The highest BCUT2D eigenvalue weighted by Gasteiger charge is 2.13. The van der Waals surface area contributed by atoms with Crippen molar-refractivity contribution in [3.8, 4) is 5.75 Å². The summed E-state index contributed by atoms with van der Waals surface area (Å²) >= 11 is 0. The van der Waals surface area contributed by atoms with Crippen molar-refractivity contribution in [1.29, 1.82) is 0 Å². The van der Waals surface area contributed by atoms with Crippen molar-refractivity contribution in [2.75, 3.05) is 18.5 Å². The number of aryl methyl sites for hydroxylation is 4. The van der Waals surface area contributed by atoms with Gasteiger partial charge in [-0.2, -0.15) is 0 Å². The van der Waals surface area contributed by atoms with Crippen LogP contribution in [0, 0.1) is 33.6 Å². The summed E-state index contributed by atoms with van der Waals surface area (Å²) in [5.41, 5.74) is 6.94. The minimum Gasteiger partial charge on any atom is -0.487 e. The molecule has 3 aromatic rings. The number of carboxylic acid groups (broad SMARTS) is 1. The van der Waals surface area contributed by atoms with Crippen LogP contribution in [0.15, 0.2) is 54.9 Å². The number of aromatic nitrogens is 1. The van der Waals surface area contributed by atoms with Crippen LogP contribution in [0.5, 0.6) is 5.75 Å². The van der Waals surface area contributed by atoms with E-state index in [9.17, 15) is 14.4 Å². The number of ketones is 1. The number of benzene rings is 2. The number of hydrogen-bond donors (Lipinski definition) is 1. The number of rotatable bonds is 9. The van der Waals surface area contributed by atoms with E-state index in [1.54, 1.807) is 25.3 Å². The van der Waals surface area contributed by atoms with Crippen LogP contribution >= 0.6 is 0 Å². The maximum absolute atomic E-state index is 11.1. The van der Waals surface area contributed by atoms with Gasteiger partial charge in [0.15, 0.2) is 12.1 Å². The Labute approximate surface area is 232 Å². The highest BCUT2D eigenvalue weighted by molar-refractivity contribution is 6.24. The molecule has 210 valence electrons. The number of ether oxygens (including phenoxy) is 1. The van der Waals surface area contributed by atoms with Crippen LogP contribution < -0.4 is 9.64 Å².